The number of carboxylic acids is 1. The van der Waals surface area contributed by atoms with Crippen LogP contribution in [0.2, 0.25) is 0 Å². The van der Waals surface area contributed by atoms with Crippen molar-refractivity contribution in [2.24, 2.45) is 0 Å². The average Bonchev–Trinajstić information content (AvgIpc) is 2.15. The highest BCUT2D eigenvalue weighted by Crippen LogP contribution is 1.82. The summed E-state index contributed by atoms with van der Waals surface area (Å²) in [6, 6.07) is 0. The summed E-state index contributed by atoms with van der Waals surface area (Å²) in [5.74, 6) is -0.786. The normalized spacial score (nSPS) is 10.4. The van der Waals surface area contributed by atoms with Crippen molar-refractivity contribution < 1.29 is 15.1 Å². The molecule has 5 N–H and O–H groups in total. The fourth-order valence-electron chi connectivity index (χ4n) is 0.915. The van der Waals surface area contributed by atoms with Crippen molar-refractivity contribution in [1.29, 1.82) is 0 Å². The number of aliphatic carboxylic acids is 1. The highest BCUT2D eigenvalue weighted by Gasteiger charge is 1.94. The second-order valence-corrected chi connectivity index (χ2v) is 2.94. The second kappa shape index (κ2) is 10.4. The summed E-state index contributed by atoms with van der Waals surface area (Å²) in [6.07, 6.45) is 2.04. The van der Waals surface area contributed by atoms with E-state index in [2.05, 4.69) is 16.1 Å². The zero-order chi connectivity index (χ0) is 10.6. The van der Waals surface area contributed by atoms with Crippen LogP contribution in [0.3, 0.4) is 0 Å². The van der Waals surface area contributed by atoms with E-state index in [1.165, 1.54) is 0 Å². The van der Waals surface area contributed by atoms with Gasteiger partial charge in [0.05, 0.1) is 6.42 Å². The molecule has 0 amide bonds. The predicted molar refractivity (Wildman–Crippen MR) is 52.1 cm³/mol. The van der Waals surface area contributed by atoms with E-state index in [1.807, 2.05) is 0 Å². The van der Waals surface area contributed by atoms with Crippen LogP contribution in [-0.4, -0.2) is 42.6 Å². The number of carbonyl (C=O) groups is 1. The van der Waals surface area contributed by atoms with Crippen molar-refractivity contribution in [2.75, 3.05) is 26.3 Å². The second-order valence-electron chi connectivity index (χ2n) is 2.94. The van der Waals surface area contributed by atoms with Crippen LogP contribution in [0.15, 0.2) is 0 Å². The minimum Gasteiger partial charge on any atom is -0.481 e. The molecule has 0 spiro atoms. The van der Waals surface area contributed by atoms with E-state index < -0.39 is 5.97 Å². The van der Waals surface area contributed by atoms with Gasteiger partial charge in [-0.05, 0) is 19.4 Å². The number of unbranched alkanes of at least 4 members (excludes halogenated alkanes) is 1. The Bertz CT molecular complexity index is 144. The van der Waals surface area contributed by atoms with E-state index in [9.17, 15) is 4.79 Å². The fourth-order valence-corrected chi connectivity index (χ4v) is 0.915. The molecule has 0 aliphatic rings. The zero-order valence-electron chi connectivity index (χ0n) is 8.25. The molecule has 6 nitrogen and oxygen atoms in total. The van der Waals surface area contributed by atoms with Crippen LogP contribution in [0.5, 0.6) is 0 Å². The molecule has 0 saturated heterocycles. The minimum absolute atomic E-state index is 0.149. The molecule has 0 fully saturated rings. The lowest BCUT2D eigenvalue weighted by Crippen LogP contribution is -2.31. The van der Waals surface area contributed by atoms with E-state index in [-0.39, 0.29) is 6.42 Å². The molecular formula is C8H19N3O3. The molecule has 0 aromatic heterocycles. The Kier molecular flexibility index (Phi) is 9.88. The molecule has 0 saturated carbocycles. The first-order chi connectivity index (χ1) is 6.77. The van der Waals surface area contributed by atoms with Crippen LogP contribution in [0, 0.1) is 0 Å². The quantitative estimate of drug-likeness (QED) is 0.185. The smallest absolute Gasteiger partial charge is 0.304 e. The number of hydroxylamine groups is 1. The van der Waals surface area contributed by atoms with Crippen LogP contribution >= 0.6 is 0 Å². The third-order valence-corrected chi connectivity index (χ3v) is 1.66. The number of carboxylic acid groups (broad SMARTS) is 1. The van der Waals surface area contributed by atoms with E-state index in [0.717, 1.165) is 19.4 Å². The summed E-state index contributed by atoms with van der Waals surface area (Å²) >= 11 is 0. The minimum atomic E-state index is -0.786. The Balaban J connectivity index is 2.88. The van der Waals surface area contributed by atoms with Gasteiger partial charge >= 0.3 is 5.97 Å². The third kappa shape index (κ3) is 11.3. The van der Waals surface area contributed by atoms with E-state index >= 15 is 0 Å². The molecule has 0 aliphatic carbocycles. The van der Waals surface area contributed by atoms with Crippen molar-refractivity contribution in [3.05, 3.63) is 0 Å². The highest BCUT2D eigenvalue weighted by molar-refractivity contribution is 5.66. The number of hydrogen-bond donors (Lipinski definition) is 5. The van der Waals surface area contributed by atoms with Gasteiger partial charge in [-0.2, -0.15) is 0 Å². The van der Waals surface area contributed by atoms with Crippen molar-refractivity contribution in [1.82, 2.24) is 16.1 Å². The Hall–Kier alpha value is -0.690. The van der Waals surface area contributed by atoms with Gasteiger partial charge in [-0.25, -0.2) is 5.48 Å². The Morgan fingerprint density at radius 3 is 2.36 bits per heavy atom. The summed E-state index contributed by atoms with van der Waals surface area (Å²) in [5, 5.41) is 22.6. The lowest BCUT2D eigenvalue weighted by atomic mass is 10.3. The average molecular weight is 205 g/mol. The van der Waals surface area contributed by atoms with Gasteiger partial charge in [-0.15, -0.1) is 0 Å². The first kappa shape index (κ1) is 13.3. The maximum Gasteiger partial charge on any atom is 0.304 e. The van der Waals surface area contributed by atoms with Gasteiger partial charge in [0.15, 0.2) is 0 Å². The highest BCUT2D eigenvalue weighted by atomic mass is 16.5. The van der Waals surface area contributed by atoms with Gasteiger partial charge in [0.1, 0.15) is 0 Å². The molecule has 0 aliphatic heterocycles. The molecular weight excluding hydrogens is 186 g/mol. The molecule has 0 bridgehead atoms. The number of rotatable bonds is 10. The molecule has 6 heteroatoms. The van der Waals surface area contributed by atoms with Crippen LogP contribution < -0.4 is 16.1 Å². The molecule has 0 unspecified atom stereocenters. The molecule has 14 heavy (non-hydrogen) atoms. The summed E-state index contributed by atoms with van der Waals surface area (Å²) in [5.41, 5.74) is 2.08. The van der Waals surface area contributed by atoms with E-state index in [0.29, 0.717) is 19.8 Å². The lowest BCUT2D eigenvalue weighted by molar-refractivity contribution is -0.136. The van der Waals surface area contributed by atoms with E-state index in [1.54, 1.807) is 0 Å². The number of nitrogens with one attached hydrogen (secondary N) is 3. The van der Waals surface area contributed by atoms with Gasteiger partial charge in [0, 0.05) is 19.8 Å². The Morgan fingerprint density at radius 1 is 1.07 bits per heavy atom. The molecule has 0 radical (unpaired) electrons. The summed E-state index contributed by atoms with van der Waals surface area (Å²) in [6.45, 7) is 2.58. The summed E-state index contributed by atoms with van der Waals surface area (Å²) in [4.78, 5) is 10.1. The fraction of sp³-hybridized carbons (Fsp3) is 0.875. The first-order valence-electron chi connectivity index (χ1n) is 4.77. The molecule has 84 valence electrons. The topological polar surface area (TPSA) is 93.6 Å². The first-order valence-corrected chi connectivity index (χ1v) is 4.77. The van der Waals surface area contributed by atoms with Gasteiger partial charge in [-0.3, -0.25) is 4.79 Å². The summed E-state index contributed by atoms with van der Waals surface area (Å²) < 4.78 is 0. The molecule has 0 aromatic rings. The molecule has 0 atom stereocenters. The predicted octanol–water partition coefficient (Wildman–Crippen LogP) is -0.643. The van der Waals surface area contributed by atoms with Gasteiger partial charge in [0.25, 0.3) is 0 Å². The third-order valence-electron chi connectivity index (χ3n) is 1.66. The van der Waals surface area contributed by atoms with Crippen molar-refractivity contribution in [3.63, 3.8) is 0 Å². The van der Waals surface area contributed by atoms with Crippen LogP contribution in [0.1, 0.15) is 19.3 Å². The van der Waals surface area contributed by atoms with Crippen molar-refractivity contribution >= 4 is 5.97 Å². The molecule has 0 rings (SSSR count). The van der Waals surface area contributed by atoms with E-state index in [4.69, 9.17) is 10.3 Å². The lowest BCUT2D eigenvalue weighted by Gasteiger charge is -2.05. The van der Waals surface area contributed by atoms with Crippen LogP contribution in [-0.2, 0) is 4.79 Å². The Morgan fingerprint density at radius 2 is 1.71 bits per heavy atom. The Labute approximate surface area is 83.6 Å². The van der Waals surface area contributed by atoms with Gasteiger partial charge < -0.3 is 20.9 Å². The van der Waals surface area contributed by atoms with Crippen molar-refractivity contribution in [3.8, 4) is 0 Å². The summed E-state index contributed by atoms with van der Waals surface area (Å²) in [7, 11) is 0. The maximum atomic E-state index is 10.1. The molecule has 0 aromatic carbocycles. The van der Waals surface area contributed by atoms with Crippen LogP contribution in [0.4, 0.5) is 0 Å². The SMILES string of the molecule is O=C(O)CCNCNCCCCNO. The molecule has 0 heterocycles. The largest absolute Gasteiger partial charge is 0.481 e. The maximum absolute atomic E-state index is 10.1. The van der Waals surface area contributed by atoms with Crippen LogP contribution in [0.25, 0.3) is 0 Å². The van der Waals surface area contributed by atoms with Crippen molar-refractivity contribution in [2.45, 2.75) is 19.3 Å². The standard InChI is InChI=1S/C8H19N3O3/c12-8(13)3-6-10-7-9-4-1-2-5-11-14/h9-11,14H,1-7H2,(H,12,13). The monoisotopic (exact) mass is 205 g/mol. The number of hydrogen-bond acceptors (Lipinski definition) is 5. The van der Waals surface area contributed by atoms with Gasteiger partial charge in [-0.1, -0.05) is 0 Å². The zero-order valence-corrected chi connectivity index (χ0v) is 8.25. The van der Waals surface area contributed by atoms with Gasteiger partial charge in [0.2, 0.25) is 0 Å².